The molecule has 0 aliphatic heterocycles. The summed E-state index contributed by atoms with van der Waals surface area (Å²) in [4.78, 5) is 30.8. The molecule has 0 spiro atoms. The normalized spacial score (nSPS) is 11.7. The number of nitrogens with one attached hydrogen (secondary N) is 2. The molecule has 2 aromatic heterocycles. The number of phenols is 1. The fraction of sp³-hybridized carbons (Fsp3) is 0.222. The van der Waals surface area contributed by atoms with Crippen molar-refractivity contribution >= 4 is 22.8 Å². The number of H-pyrrole nitrogens is 1. The van der Waals surface area contributed by atoms with Crippen molar-refractivity contribution < 1.29 is 5.11 Å². The Balaban J connectivity index is 2.09. The molecule has 2 heterocycles. The number of hydrazone groups is 1. The molecule has 0 radical (unpaired) electrons. The van der Waals surface area contributed by atoms with Gasteiger partial charge in [0.05, 0.1) is 5.71 Å². The molecule has 0 fully saturated rings. The third-order valence-corrected chi connectivity index (χ3v) is 4.04. The number of aromatic hydroxyl groups is 1. The van der Waals surface area contributed by atoms with Crippen LogP contribution >= 0.6 is 0 Å². The molecule has 1 aromatic carbocycles. The average Bonchev–Trinajstić information content (AvgIpc) is 2.96. The van der Waals surface area contributed by atoms with E-state index < -0.39 is 11.2 Å². The fourth-order valence-electron chi connectivity index (χ4n) is 2.64. The molecule has 9 heteroatoms. The summed E-state index contributed by atoms with van der Waals surface area (Å²) in [7, 11) is 1.54. The van der Waals surface area contributed by atoms with E-state index >= 15 is 0 Å². The number of hydrogen-bond donors (Lipinski definition) is 3. The molecule has 0 amide bonds. The summed E-state index contributed by atoms with van der Waals surface area (Å²) in [5.41, 5.74) is 4.61. The van der Waals surface area contributed by atoms with E-state index in [2.05, 4.69) is 27.1 Å². The predicted octanol–water partition coefficient (Wildman–Crippen LogP) is 1.54. The van der Waals surface area contributed by atoms with Gasteiger partial charge in [-0.2, -0.15) is 10.1 Å². The lowest BCUT2D eigenvalue weighted by Crippen LogP contribution is -2.29. The van der Waals surface area contributed by atoms with Crippen LogP contribution in [0.15, 0.2) is 51.1 Å². The number of aryl methyl sites for hydroxylation is 1. The van der Waals surface area contributed by atoms with E-state index in [-0.39, 0.29) is 16.9 Å². The molecule has 3 N–H and O–H groups in total. The number of rotatable bonds is 5. The molecule has 0 saturated heterocycles. The highest BCUT2D eigenvalue weighted by Crippen LogP contribution is 2.17. The van der Waals surface area contributed by atoms with Crippen molar-refractivity contribution in [3.63, 3.8) is 0 Å². The molecule has 0 saturated carbocycles. The summed E-state index contributed by atoms with van der Waals surface area (Å²) in [5.74, 6) is 0.487. The number of benzene rings is 1. The van der Waals surface area contributed by atoms with Gasteiger partial charge in [0, 0.05) is 13.6 Å². The number of imidazole rings is 1. The van der Waals surface area contributed by atoms with E-state index in [0.717, 1.165) is 11.1 Å². The Morgan fingerprint density at radius 2 is 1.96 bits per heavy atom. The lowest BCUT2D eigenvalue weighted by molar-refractivity contribution is 0.475. The summed E-state index contributed by atoms with van der Waals surface area (Å²) >= 11 is 0. The van der Waals surface area contributed by atoms with Crippen LogP contribution in [0.4, 0.5) is 5.95 Å². The van der Waals surface area contributed by atoms with Gasteiger partial charge >= 0.3 is 5.69 Å². The first kappa shape index (κ1) is 18.2. The summed E-state index contributed by atoms with van der Waals surface area (Å²) < 4.78 is 2.90. The zero-order chi connectivity index (χ0) is 19.7. The number of hydrogen-bond acceptors (Lipinski definition) is 6. The monoisotopic (exact) mass is 368 g/mol. The topological polar surface area (TPSA) is 117 Å². The second-order valence-corrected chi connectivity index (χ2v) is 6.33. The summed E-state index contributed by atoms with van der Waals surface area (Å²) in [5, 5.41) is 13.7. The van der Waals surface area contributed by atoms with Crippen LogP contribution in [0.2, 0.25) is 0 Å². The third-order valence-electron chi connectivity index (χ3n) is 4.04. The van der Waals surface area contributed by atoms with Crippen LogP contribution < -0.4 is 16.7 Å². The molecular formula is C18H20N6O3. The average molecular weight is 368 g/mol. The van der Waals surface area contributed by atoms with Gasteiger partial charge in [-0.1, -0.05) is 12.2 Å². The van der Waals surface area contributed by atoms with E-state index in [4.69, 9.17) is 0 Å². The van der Waals surface area contributed by atoms with Crippen molar-refractivity contribution in [2.24, 2.45) is 12.1 Å². The van der Waals surface area contributed by atoms with Gasteiger partial charge in [0.25, 0.3) is 5.56 Å². The first-order chi connectivity index (χ1) is 12.8. The highest BCUT2D eigenvalue weighted by molar-refractivity contribution is 5.99. The van der Waals surface area contributed by atoms with Crippen LogP contribution in [0.1, 0.15) is 19.4 Å². The minimum absolute atomic E-state index is 0.169. The van der Waals surface area contributed by atoms with Gasteiger partial charge in [0.2, 0.25) is 5.95 Å². The van der Waals surface area contributed by atoms with Crippen LogP contribution in [0.3, 0.4) is 0 Å². The Hall–Kier alpha value is -3.62. The Kier molecular flexibility index (Phi) is 4.68. The van der Waals surface area contributed by atoms with Gasteiger partial charge in [0.1, 0.15) is 5.75 Å². The van der Waals surface area contributed by atoms with Crippen LogP contribution in [-0.2, 0) is 13.6 Å². The van der Waals surface area contributed by atoms with Crippen LogP contribution in [0.25, 0.3) is 11.2 Å². The number of nitrogens with zero attached hydrogens (tertiary/aromatic N) is 4. The van der Waals surface area contributed by atoms with Gasteiger partial charge in [0.15, 0.2) is 11.2 Å². The highest BCUT2D eigenvalue weighted by atomic mass is 16.3. The molecule has 3 rings (SSSR count). The molecule has 27 heavy (non-hydrogen) atoms. The van der Waals surface area contributed by atoms with Gasteiger partial charge < -0.3 is 5.11 Å². The molecule has 0 aliphatic rings. The number of phenolic OH excluding ortho intramolecular Hbond substituents is 1. The number of aromatic nitrogens is 4. The zero-order valence-electron chi connectivity index (χ0n) is 15.3. The number of allylic oxidation sites excluding steroid dienone is 1. The van der Waals surface area contributed by atoms with E-state index in [0.29, 0.717) is 18.2 Å². The SMILES string of the molecule is C=C(C)Cn1c(NN=C(C)c2ccc(O)cc2)nc2c1c(=O)[nH]c(=O)n2C. The van der Waals surface area contributed by atoms with Gasteiger partial charge in [-0.05, 0) is 43.7 Å². The van der Waals surface area contributed by atoms with Gasteiger partial charge in [-0.15, -0.1) is 0 Å². The van der Waals surface area contributed by atoms with E-state index in [1.54, 1.807) is 35.8 Å². The molecule has 140 valence electrons. The lowest BCUT2D eigenvalue weighted by atomic mass is 10.1. The Bertz CT molecular complexity index is 1160. The van der Waals surface area contributed by atoms with Crippen LogP contribution in [0.5, 0.6) is 5.75 Å². The van der Waals surface area contributed by atoms with Crippen molar-refractivity contribution in [1.82, 2.24) is 19.1 Å². The molecular weight excluding hydrogens is 348 g/mol. The molecule has 9 nitrogen and oxygen atoms in total. The van der Waals surface area contributed by atoms with Gasteiger partial charge in [-0.3, -0.25) is 18.9 Å². The Labute approximate surface area is 154 Å². The first-order valence-corrected chi connectivity index (χ1v) is 8.21. The number of anilines is 1. The summed E-state index contributed by atoms with van der Waals surface area (Å²) in [6.45, 7) is 7.85. The summed E-state index contributed by atoms with van der Waals surface area (Å²) in [6, 6.07) is 6.61. The van der Waals surface area contributed by atoms with Crippen molar-refractivity contribution in [3.8, 4) is 5.75 Å². The van der Waals surface area contributed by atoms with E-state index in [1.807, 2.05) is 6.92 Å². The van der Waals surface area contributed by atoms with Crippen LogP contribution in [0, 0.1) is 0 Å². The molecule has 0 bridgehead atoms. The Morgan fingerprint density at radius 3 is 2.59 bits per heavy atom. The first-order valence-electron chi connectivity index (χ1n) is 8.21. The van der Waals surface area contributed by atoms with Crippen molar-refractivity contribution in [2.45, 2.75) is 20.4 Å². The van der Waals surface area contributed by atoms with Crippen molar-refractivity contribution in [3.05, 3.63) is 62.8 Å². The second-order valence-electron chi connectivity index (χ2n) is 6.33. The maximum Gasteiger partial charge on any atom is 0.329 e. The molecule has 3 aromatic rings. The van der Waals surface area contributed by atoms with E-state index in [1.165, 1.54) is 11.6 Å². The van der Waals surface area contributed by atoms with E-state index in [9.17, 15) is 14.7 Å². The second kappa shape index (κ2) is 6.94. The van der Waals surface area contributed by atoms with Crippen molar-refractivity contribution in [1.29, 1.82) is 0 Å². The fourth-order valence-corrected chi connectivity index (χ4v) is 2.64. The maximum absolute atomic E-state index is 12.3. The largest absolute Gasteiger partial charge is 0.508 e. The molecule has 0 unspecified atom stereocenters. The zero-order valence-corrected chi connectivity index (χ0v) is 15.3. The minimum Gasteiger partial charge on any atom is -0.508 e. The number of fused-ring (bicyclic) bond motifs is 1. The predicted molar refractivity (Wildman–Crippen MR) is 104 cm³/mol. The maximum atomic E-state index is 12.3. The highest BCUT2D eigenvalue weighted by Gasteiger charge is 2.17. The summed E-state index contributed by atoms with van der Waals surface area (Å²) in [6.07, 6.45) is 0. The van der Waals surface area contributed by atoms with Crippen molar-refractivity contribution in [2.75, 3.05) is 5.43 Å². The smallest absolute Gasteiger partial charge is 0.329 e. The third kappa shape index (κ3) is 3.52. The molecule has 0 atom stereocenters. The molecule has 0 aliphatic carbocycles. The van der Waals surface area contributed by atoms with Crippen LogP contribution in [-0.4, -0.2) is 29.9 Å². The number of aromatic amines is 1. The standard InChI is InChI=1S/C18H20N6O3/c1-10(2)9-24-14-15(23(4)18(27)20-16(14)26)19-17(24)22-21-11(3)12-5-7-13(25)8-6-12/h5-8,25H,1,9H2,2-4H3,(H,19,22)(H,20,26,27). The minimum atomic E-state index is -0.539. The van der Waals surface area contributed by atoms with Gasteiger partial charge in [-0.25, -0.2) is 10.2 Å². The quantitative estimate of drug-likeness (QED) is 0.359. The lowest BCUT2D eigenvalue weighted by Gasteiger charge is -2.08. The Morgan fingerprint density at radius 1 is 1.30 bits per heavy atom.